The van der Waals surface area contributed by atoms with Gasteiger partial charge < -0.3 is 19.9 Å². The lowest BCUT2D eigenvalue weighted by Gasteiger charge is -2.12. The minimum Gasteiger partial charge on any atom is -0.508 e. The summed E-state index contributed by atoms with van der Waals surface area (Å²) >= 11 is 0. The van der Waals surface area contributed by atoms with E-state index < -0.39 is 0 Å². The predicted molar refractivity (Wildman–Crippen MR) is 89.5 cm³/mol. The molecule has 0 aliphatic rings. The molecule has 0 aliphatic heterocycles. The van der Waals surface area contributed by atoms with Crippen LogP contribution in [0.4, 0.5) is 5.69 Å². The number of unbranched alkanes of at least 4 members (excludes halogenated alkanes) is 1. The monoisotopic (exact) mass is 315 g/mol. The van der Waals surface area contributed by atoms with E-state index in [9.17, 15) is 9.90 Å². The Morgan fingerprint density at radius 2 is 1.87 bits per heavy atom. The van der Waals surface area contributed by atoms with Crippen LogP contribution in [-0.2, 0) is 0 Å². The molecule has 0 heterocycles. The van der Waals surface area contributed by atoms with Crippen LogP contribution in [0.25, 0.3) is 0 Å². The van der Waals surface area contributed by atoms with Crippen molar-refractivity contribution in [2.24, 2.45) is 0 Å². The summed E-state index contributed by atoms with van der Waals surface area (Å²) in [7, 11) is 1.55. The van der Waals surface area contributed by atoms with E-state index in [1.54, 1.807) is 37.4 Å². The highest BCUT2D eigenvalue weighted by Gasteiger charge is 2.11. The highest BCUT2D eigenvalue weighted by Crippen LogP contribution is 2.28. The first-order valence-corrected chi connectivity index (χ1v) is 7.55. The van der Waals surface area contributed by atoms with Gasteiger partial charge in [-0.25, -0.2) is 0 Å². The Hall–Kier alpha value is -2.69. The summed E-state index contributed by atoms with van der Waals surface area (Å²) in [5.41, 5.74) is 1.08. The van der Waals surface area contributed by atoms with Crippen LogP contribution in [-0.4, -0.2) is 24.7 Å². The first-order chi connectivity index (χ1) is 11.1. The molecule has 0 unspecified atom stereocenters. The van der Waals surface area contributed by atoms with E-state index in [0.717, 1.165) is 12.8 Å². The Morgan fingerprint density at radius 1 is 1.13 bits per heavy atom. The standard InChI is InChI=1S/C18H21NO4/c1-3-4-11-23-16-10-5-13(12-17(16)22-2)18(21)19-14-6-8-15(20)9-7-14/h5-10,12,20H,3-4,11H2,1-2H3,(H,19,21). The molecule has 0 spiro atoms. The van der Waals surface area contributed by atoms with Crippen LogP contribution in [0.5, 0.6) is 17.2 Å². The molecule has 5 nitrogen and oxygen atoms in total. The van der Waals surface area contributed by atoms with Crippen LogP contribution in [0, 0.1) is 0 Å². The smallest absolute Gasteiger partial charge is 0.255 e. The third-order valence-electron chi connectivity index (χ3n) is 3.31. The normalized spacial score (nSPS) is 10.2. The number of aromatic hydroxyl groups is 1. The second-order valence-corrected chi connectivity index (χ2v) is 5.07. The molecule has 122 valence electrons. The van der Waals surface area contributed by atoms with E-state index in [1.165, 1.54) is 12.1 Å². The summed E-state index contributed by atoms with van der Waals surface area (Å²) in [4.78, 5) is 12.3. The van der Waals surface area contributed by atoms with E-state index in [1.807, 2.05) is 0 Å². The molecule has 0 aliphatic carbocycles. The fourth-order valence-electron chi connectivity index (χ4n) is 2.00. The molecule has 2 aromatic carbocycles. The SMILES string of the molecule is CCCCOc1ccc(C(=O)Nc2ccc(O)cc2)cc1OC. The first-order valence-electron chi connectivity index (χ1n) is 7.55. The Kier molecular flexibility index (Phi) is 5.86. The van der Waals surface area contributed by atoms with Crippen molar-refractivity contribution in [3.05, 3.63) is 48.0 Å². The van der Waals surface area contributed by atoms with E-state index in [2.05, 4.69) is 12.2 Å². The average Bonchev–Trinajstić information content (AvgIpc) is 2.57. The number of methoxy groups -OCH3 is 1. The minimum absolute atomic E-state index is 0.151. The maximum Gasteiger partial charge on any atom is 0.255 e. The molecule has 2 rings (SSSR count). The molecule has 0 bridgehead atoms. The van der Waals surface area contributed by atoms with E-state index in [-0.39, 0.29) is 11.7 Å². The van der Waals surface area contributed by atoms with Crippen molar-refractivity contribution in [2.45, 2.75) is 19.8 Å². The average molecular weight is 315 g/mol. The number of hydrogen-bond donors (Lipinski definition) is 2. The quantitative estimate of drug-likeness (QED) is 0.602. The van der Waals surface area contributed by atoms with Crippen LogP contribution in [0.1, 0.15) is 30.1 Å². The molecular formula is C18H21NO4. The zero-order valence-electron chi connectivity index (χ0n) is 13.3. The Labute approximate surface area is 135 Å². The molecule has 2 aromatic rings. The zero-order valence-corrected chi connectivity index (χ0v) is 13.3. The second-order valence-electron chi connectivity index (χ2n) is 5.07. The van der Waals surface area contributed by atoms with Gasteiger partial charge >= 0.3 is 0 Å². The summed E-state index contributed by atoms with van der Waals surface area (Å²) in [6.07, 6.45) is 2.02. The minimum atomic E-state index is -0.255. The Bertz CT molecular complexity index is 653. The molecule has 5 heteroatoms. The summed E-state index contributed by atoms with van der Waals surface area (Å²) in [6.45, 7) is 2.71. The Morgan fingerprint density at radius 3 is 2.52 bits per heavy atom. The van der Waals surface area contributed by atoms with Crippen LogP contribution in [0.2, 0.25) is 0 Å². The topological polar surface area (TPSA) is 67.8 Å². The van der Waals surface area contributed by atoms with Gasteiger partial charge in [0.2, 0.25) is 0 Å². The third kappa shape index (κ3) is 4.64. The van der Waals surface area contributed by atoms with Crippen LogP contribution < -0.4 is 14.8 Å². The highest BCUT2D eigenvalue weighted by atomic mass is 16.5. The number of carbonyl (C=O) groups is 1. The molecule has 0 atom stereocenters. The summed E-state index contributed by atoms with van der Waals surface area (Å²) in [6, 6.07) is 11.4. The molecule has 2 N–H and O–H groups in total. The summed E-state index contributed by atoms with van der Waals surface area (Å²) in [5.74, 6) is 1.05. The third-order valence-corrected chi connectivity index (χ3v) is 3.31. The lowest BCUT2D eigenvalue weighted by atomic mass is 10.1. The molecule has 0 fully saturated rings. The molecule has 1 amide bonds. The number of hydrogen-bond acceptors (Lipinski definition) is 4. The lowest BCUT2D eigenvalue weighted by molar-refractivity contribution is 0.102. The second kappa shape index (κ2) is 8.08. The van der Waals surface area contributed by atoms with Crippen molar-refractivity contribution in [2.75, 3.05) is 19.0 Å². The largest absolute Gasteiger partial charge is 0.508 e. The van der Waals surface area contributed by atoms with Gasteiger partial charge in [-0.2, -0.15) is 0 Å². The van der Waals surface area contributed by atoms with Crippen molar-refractivity contribution in [1.29, 1.82) is 0 Å². The predicted octanol–water partition coefficient (Wildman–Crippen LogP) is 3.83. The zero-order chi connectivity index (χ0) is 16.7. The van der Waals surface area contributed by atoms with E-state index in [0.29, 0.717) is 29.4 Å². The fourth-order valence-corrected chi connectivity index (χ4v) is 2.00. The van der Waals surface area contributed by atoms with Crippen molar-refractivity contribution < 1.29 is 19.4 Å². The molecule has 0 aromatic heterocycles. The number of anilines is 1. The van der Waals surface area contributed by atoms with Gasteiger partial charge in [0.25, 0.3) is 5.91 Å². The highest BCUT2D eigenvalue weighted by molar-refractivity contribution is 6.04. The van der Waals surface area contributed by atoms with Crippen LogP contribution in [0.15, 0.2) is 42.5 Å². The van der Waals surface area contributed by atoms with Gasteiger partial charge in [-0.3, -0.25) is 4.79 Å². The van der Waals surface area contributed by atoms with Gasteiger partial charge in [0.1, 0.15) is 5.75 Å². The molecule has 0 saturated heterocycles. The van der Waals surface area contributed by atoms with Crippen molar-refractivity contribution in [1.82, 2.24) is 0 Å². The van der Waals surface area contributed by atoms with Crippen molar-refractivity contribution in [3.8, 4) is 17.2 Å². The van der Waals surface area contributed by atoms with Crippen molar-refractivity contribution >= 4 is 11.6 Å². The van der Waals surface area contributed by atoms with Gasteiger partial charge in [0.15, 0.2) is 11.5 Å². The molecule has 0 radical (unpaired) electrons. The van der Waals surface area contributed by atoms with Crippen LogP contribution in [0.3, 0.4) is 0 Å². The van der Waals surface area contributed by atoms with Gasteiger partial charge in [-0.1, -0.05) is 13.3 Å². The number of rotatable bonds is 7. The number of ether oxygens (including phenoxy) is 2. The van der Waals surface area contributed by atoms with E-state index >= 15 is 0 Å². The maximum absolute atomic E-state index is 12.3. The number of nitrogens with one attached hydrogen (secondary N) is 1. The lowest BCUT2D eigenvalue weighted by Crippen LogP contribution is -2.12. The van der Waals surface area contributed by atoms with Gasteiger partial charge in [-0.05, 0) is 48.9 Å². The van der Waals surface area contributed by atoms with Crippen molar-refractivity contribution in [3.63, 3.8) is 0 Å². The summed E-state index contributed by atoms with van der Waals surface area (Å²) < 4.78 is 10.9. The molecule has 0 saturated carbocycles. The number of phenolic OH excluding ortho intramolecular Hbond substituents is 1. The summed E-state index contributed by atoms with van der Waals surface area (Å²) in [5, 5.41) is 12.0. The maximum atomic E-state index is 12.3. The fraction of sp³-hybridized carbons (Fsp3) is 0.278. The number of amides is 1. The first kappa shape index (κ1) is 16.7. The number of phenols is 1. The van der Waals surface area contributed by atoms with Gasteiger partial charge in [0, 0.05) is 11.3 Å². The Balaban J connectivity index is 2.09. The van der Waals surface area contributed by atoms with Crippen LogP contribution >= 0.6 is 0 Å². The number of benzene rings is 2. The molecule has 23 heavy (non-hydrogen) atoms. The van der Waals surface area contributed by atoms with Gasteiger partial charge in [-0.15, -0.1) is 0 Å². The van der Waals surface area contributed by atoms with Gasteiger partial charge in [0.05, 0.1) is 13.7 Å². The number of carbonyl (C=O) groups excluding carboxylic acids is 1. The molecular weight excluding hydrogens is 294 g/mol. The van der Waals surface area contributed by atoms with E-state index in [4.69, 9.17) is 9.47 Å².